The predicted octanol–water partition coefficient (Wildman–Crippen LogP) is 2.61. The van der Waals surface area contributed by atoms with E-state index in [1.54, 1.807) is 0 Å². The molecule has 1 aliphatic rings. The van der Waals surface area contributed by atoms with Gasteiger partial charge in [0, 0.05) is 12.6 Å². The number of carbonyl (C=O) groups excluding carboxylic acids is 1. The van der Waals surface area contributed by atoms with Crippen molar-refractivity contribution in [2.45, 2.75) is 38.6 Å². The van der Waals surface area contributed by atoms with Crippen molar-refractivity contribution in [2.24, 2.45) is 0 Å². The molecule has 0 aliphatic carbocycles. The molecule has 0 radical (unpaired) electrons. The predicted molar refractivity (Wildman–Crippen MR) is 77.6 cm³/mol. The van der Waals surface area contributed by atoms with Crippen LogP contribution in [0.25, 0.3) is 11.1 Å². The summed E-state index contributed by atoms with van der Waals surface area (Å²) in [5, 5.41) is 6.33. The normalized spacial score (nSPS) is 22.3. The van der Waals surface area contributed by atoms with Gasteiger partial charge in [0.2, 0.25) is 5.91 Å². The van der Waals surface area contributed by atoms with Crippen LogP contribution >= 0.6 is 0 Å². The molecule has 1 aromatic carbocycles. The maximum atomic E-state index is 12.5. The van der Waals surface area contributed by atoms with E-state index in [9.17, 15) is 4.79 Å². The zero-order chi connectivity index (χ0) is 14.2. The molecule has 5 nitrogen and oxygen atoms in total. The van der Waals surface area contributed by atoms with E-state index >= 15 is 0 Å². The Morgan fingerprint density at radius 2 is 2.40 bits per heavy atom. The van der Waals surface area contributed by atoms with E-state index in [0.29, 0.717) is 5.89 Å². The Labute approximate surface area is 117 Å². The molecule has 2 heterocycles. The van der Waals surface area contributed by atoms with Crippen LogP contribution in [-0.4, -0.2) is 23.0 Å². The third-order valence-corrected chi connectivity index (χ3v) is 4.03. The molecule has 2 aromatic rings. The minimum Gasteiger partial charge on any atom is -0.441 e. The third-order valence-electron chi connectivity index (χ3n) is 4.03. The summed E-state index contributed by atoms with van der Waals surface area (Å²) in [6.07, 6.45) is 2.73. The highest BCUT2D eigenvalue weighted by atomic mass is 16.3. The second kappa shape index (κ2) is 4.90. The molecular formula is C15H19N3O2. The lowest BCUT2D eigenvalue weighted by Gasteiger charge is -2.26. The van der Waals surface area contributed by atoms with E-state index in [-0.39, 0.29) is 5.91 Å². The van der Waals surface area contributed by atoms with Crippen LogP contribution in [0.2, 0.25) is 0 Å². The molecule has 1 aliphatic heterocycles. The van der Waals surface area contributed by atoms with Crippen molar-refractivity contribution >= 4 is 22.7 Å². The number of aromatic nitrogens is 1. The van der Waals surface area contributed by atoms with Gasteiger partial charge in [-0.2, -0.15) is 0 Å². The van der Waals surface area contributed by atoms with Crippen molar-refractivity contribution in [1.82, 2.24) is 10.3 Å². The number of nitrogens with one attached hydrogen (secondary N) is 2. The van der Waals surface area contributed by atoms with Crippen LogP contribution in [0.3, 0.4) is 0 Å². The summed E-state index contributed by atoms with van der Waals surface area (Å²) >= 11 is 0. The number of benzene rings is 1. The van der Waals surface area contributed by atoms with Gasteiger partial charge in [0.05, 0.1) is 5.54 Å². The van der Waals surface area contributed by atoms with Crippen molar-refractivity contribution in [2.75, 3.05) is 11.9 Å². The van der Waals surface area contributed by atoms with Crippen molar-refractivity contribution in [1.29, 1.82) is 0 Å². The number of hydrogen-bond donors (Lipinski definition) is 2. The van der Waals surface area contributed by atoms with E-state index in [1.165, 1.54) is 0 Å². The first-order valence-corrected chi connectivity index (χ1v) is 7.07. The maximum Gasteiger partial charge on any atom is 0.244 e. The molecule has 106 valence electrons. The van der Waals surface area contributed by atoms with Gasteiger partial charge in [0.1, 0.15) is 5.52 Å². The Morgan fingerprint density at radius 1 is 1.55 bits per heavy atom. The molecule has 3 rings (SSSR count). The average molecular weight is 273 g/mol. The number of rotatable bonds is 3. The summed E-state index contributed by atoms with van der Waals surface area (Å²) in [7, 11) is 0. The quantitative estimate of drug-likeness (QED) is 0.902. The van der Waals surface area contributed by atoms with Crippen molar-refractivity contribution in [3.05, 3.63) is 24.1 Å². The zero-order valence-corrected chi connectivity index (χ0v) is 11.8. The molecule has 2 N–H and O–H groups in total. The molecule has 0 spiro atoms. The van der Waals surface area contributed by atoms with Gasteiger partial charge in [0.15, 0.2) is 11.5 Å². The maximum absolute atomic E-state index is 12.5. The number of amides is 1. The Balaban J connectivity index is 1.83. The summed E-state index contributed by atoms with van der Waals surface area (Å²) in [5.41, 5.74) is 1.85. The lowest BCUT2D eigenvalue weighted by molar-refractivity contribution is -0.122. The van der Waals surface area contributed by atoms with Crippen LogP contribution in [0, 0.1) is 6.92 Å². The van der Waals surface area contributed by atoms with Gasteiger partial charge in [-0.1, -0.05) is 6.92 Å². The largest absolute Gasteiger partial charge is 0.441 e. The number of oxazole rings is 1. The number of hydrogen-bond acceptors (Lipinski definition) is 4. The van der Waals surface area contributed by atoms with Crippen LogP contribution in [-0.2, 0) is 4.79 Å². The molecule has 1 unspecified atom stereocenters. The highest BCUT2D eigenvalue weighted by Crippen LogP contribution is 2.26. The summed E-state index contributed by atoms with van der Waals surface area (Å²) in [5.74, 6) is 0.669. The minimum absolute atomic E-state index is 0.0390. The number of anilines is 1. The van der Waals surface area contributed by atoms with Crippen LogP contribution in [0.15, 0.2) is 22.6 Å². The summed E-state index contributed by atoms with van der Waals surface area (Å²) < 4.78 is 5.43. The van der Waals surface area contributed by atoms with Crippen molar-refractivity contribution in [3.63, 3.8) is 0 Å². The fourth-order valence-corrected chi connectivity index (χ4v) is 2.83. The minimum atomic E-state index is -0.422. The second-order valence-electron chi connectivity index (χ2n) is 5.34. The first-order valence-electron chi connectivity index (χ1n) is 7.07. The van der Waals surface area contributed by atoms with Gasteiger partial charge >= 0.3 is 0 Å². The Hall–Kier alpha value is -1.88. The highest BCUT2D eigenvalue weighted by Gasteiger charge is 2.39. The first-order chi connectivity index (χ1) is 9.63. The Morgan fingerprint density at radius 3 is 3.10 bits per heavy atom. The molecule has 1 atom stereocenters. The SMILES string of the molecule is CCC1(C(=O)Nc2ccc3oc(C)nc3c2)CCCN1. The van der Waals surface area contributed by atoms with Crippen molar-refractivity contribution in [3.8, 4) is 0 Å². The van der Waals surface area contributed by atoms with Crippen LogP contribution in [0.4, 0.5) is 5.69 Å². The molecule has 0 bridgehead atoms. The van der Waals surface area contributed by atoms with E-state index in [4.69, 9.17) is 4.42 Å². The van der Waals surface area contributed by atoms with Gasteiger partial charge in [-0.3, -0.25) is 4.79 Å². The molecular weight excluding hydrogens is 254 g/mol. The third kappa shape index (κ3) is 2.18. The van der Waals surface area contributed by atoms with Crippen LogP contribution in [0.5, 0.6) is 0 Å². The van der Waals surface area contributed by atoms with E-state index in [0.717, 1.165) is 42.6 Å². The summed E-state index contributed by atoms with van der Waals surface area (Å²) in [6, 6.07) is 5.54. The fraction of sp³-hybridized carbons (Fsp3) is 0.467. The van der Waals surface area contributed by atoms with Gasteiger partial charge in [-0.15, -0.1) is 0 Å². The van der Waals surface area contributed by atoms with Gasteiger partial charge in [-0.25, -0.2) is 4.98 Å². The fourth-order valence-electron chi connectivity index (χ4n) is 2.83. The highest BCUT2D eigenvalue weighted by molar-refractivity contribution is 5.99. The summed E-state index contributed by atoms with van der Waals surface area (Å²) in [4.78, 5) is 16.8. The van der Waals surface area contributed by atoms with E-state index in [1.807, 2.05) is 32.0 Å². The lowest BCUT2D eigenvalue weighted by Crippen LogP contribution is -2.50. The monoisotopic (exact) mass is 273 g/mol. The summed E-state index contributed by atoms with van der Waals surface area (Å²) in [6.45, 7) is 4.76. The molecule has 5 heteroatoms. The molecule has 1 saturated heterocycles. The number of carbonyl (C=O) groups is 1. The standard InChI is InChI=1S/C15H19N3O2/c1-3-15(7-4-8-16-15)14(19)18-11-5-6-13-12(9-11)17-10(2)20-13/h5-6,9,16H,3-4,7-8H2,1-2H3,(H,18,19). The smallest absolute Gasteiger partial charge is 0.244 e. The molecule has 0 saturated carbocycles. The van der Waals surface area contributed by atoms with Gasteiger partial charge in [-0.05, 0) is 44.0 Å². The van der Waals surface area contributed by atoms with E-state index < -0.39 is 5.54 Å². The second-order valence-corrected chi connectivity index (χ2v) is 5.34. The Bertz CT molecular complexity index is 642. The lowest BCUT2D eigenvalue weighted by atomic mass is 9.93. The first kappa shape index (κ1) is 13.1. The van der Waals surface area contributed by atoms with Gasteiger partial charge in [0.25, 0.3) is 0 Å². The average Bonchev–Trinajstić information content (AvgIpc) is 3.04. The molecule has 1 fully saturated rings. The molecule has 1 aromatic heterocycles. The molecule has 20 heavy (non-hydrogen) atoms. The number of nitrogens with zero attached hydrogens (tertiary/aromatic N) is 1. The van der Waals surface area contributed by atoms with Crippen LogP contribution in [0.1, 0.15) is 32.1 Å². The number of fused-ring (bicyclic) bond motifs is 1. The van der Waals surface area contributed by atoms with E-state index in [2.05, 4.69) is 15.6 Å². The van der Waals surface area contributed by atoms with Gasteiger partial charge < -0.3 is 15.1 Å². The van der Waals surface area contributed by atoms with Crippen LogP contribution < -0.4 is 10.6 Å². The number of aryl methyl sites for hydroxylation is 1. The topological polar surface area (TPSA) is 67.2 Å². The van der Waals surface area contributed by atoms with Crippen molar-refractivity contribution < 1.29 is 9.21 Å². The molecule has 1 amide bonds. The zero-order valence-electron chi connectivity index (χ0n) is 11.8. The Kier molecular flexibility index (Phi) is 3.22.